The van der Waals surface area contributed by atoms with Crippen LogP contribution < -0.4 is 0 Å². The van der Waals surface area contributed by atoms with E-state index in [0.717, 1.165) is 0 Å². The van der Waals surface area contributed by atoms with E-state index in [9.17, 15) is 4.79 Å². The summed E-state index contributed by atoms with van der Waals surface area (Å²) in [6.07, 6.45) is 0. The van der Waals surface area contributed by atoms with Gasteiger partial charge in [-0.15, -0.1) is 0 Å². The molecule has 0 spiro atoms. The molecule has 0 aromatic carbocycles. The fourth-order valence-electron chi connectivity index (χ4n) is 0.242. The Balaban J connectivity index is 3.25. The first-order valence-electron chi connectivity index (χ1n) is 2.10. The van der Waals surface area contributed by atoms with Crippen molar-refractivity contribution >= 4 is 17.7 Å². The predicted molar refractivity (Wildman–Crippen MR) is 30.5 cm³/mol. The van der Waals surface area contributed by atoms with Gasteiger partial charge in [0.05, 0.1) is 7.11 Å². The maximum absolute atomic E-state index is 10.3. The summed E-state index contributed by atoms with van der Waals surface area (Å²) in [4.78, 5) is 10.3. The number of rotatable bonds is 2. The first-order chi connectivity index (χ1) is 3.66. The van der Waals surface area contributed by atoms with E-state index in [1.165, 1.54) is 11.5 Å². The predicted octanol–water partition coefficient (Wildman–Crippen LogP) is 0.245. The topological polar surface area (TPSA) is 29.5 Å². The number of ether oxygens (including phenoxy) is 1. The molecule has 0 amide bonds. The Morgan fingerprint density at radius 3 is 2.50 bits per heavy atom. The van der Waals surface area contributed by atoms with Crippen LogP contribution in [0.5, 0.6) is 0 Å². The lowest BCUT2D eigenvalue weighted by Gasteiger charge is -2.02. The van der Waals surface area contributed by atoms with Crippen molar-refractivity contribution in [2.24, 2.45) is 0 Å². The van der Waals surface area contributed by atoms with Crippen LogP contribution in [0.1, 0.15) is 0 Å². The summed E-state index contributed by atoms with van der Waals surface area (Å²) in [5, 5.41) is 0. The molecule has 0 aromatic heterocycles. The summed E-state index contributed by atoms with van der Waals surface area (Å²) < 4.78 is 5.52. The highest BCUT2D eigenvalue weighted by atomic mass is 35.5. The van der Waals surface area contributed by atoms with Crippen LogP contribution in [0.4, 0.5) is 0 Å². The smallest absolute Gasteiger partial charge is 0.321 e. The number of likely N-dealkylation sites (N-methyl/N-ethyl adjacent to an activating group) is 1. The summed E-state index contributed by atoms with van der Waals surface area (Å²) in [6, 6.07) is 0. The zero-order chi connectivity index (χ0) is 6.57. The number of methoxy groups -OCH3 is 1. The molecule has 0 aliphatic rings. The average Bonchev–Trinajstić information content (AvgIpc) is 1.65. The number of esters is 1. The van der Waals surface area contributed by atoms with Crippen LogP contribution in [0.2, 0.25) is 0 Å². The highest BCUT2D eigenvalue weighted by Gasteiger charge is 2.00. The quantitative estimate of drug-likeness (QED) is 0.404. The van der Waals surface area contributed by atoms with Crippen LogP contribution in [0.15, 0.2) is 0 Å². The lowest BCUT2D eigenvalue weighted by molar-refractivity contribution is -0.140. The van der Waals surface area contributed by atoms with Crippen molar-refractivity contribution in [3.8, 4) is 0 Å². The van der Waals surface area contributed by atoms with Crippen molar-refractivity contribution in [2.75, 3.05) is 20.7 Å². The molecule has 0 atom stereocenters. The van der Waals surface area contributed by atoms with Gasteiger partial charge in [-0.25, -0.2) is 4.42 Å². The molecule has 0 fully saturated rings. The van der Waals surface area contributed by atoms with E-state index in [4.69, 9.17) is 11.8 Å². The molecule has 4 heteroatoms. The van der Waals surface area contributed by atoms with Crippen LogP contribution in [0, 0.1) is 0 Å². The molecule has 0 radical (unpaired) electrons. The Kier molecular flexibility index (Phi) is 3.56. The van der Waals surface area contributed by atoms with E-state index in [-0.39, 0.29) is 12.5 Å². The van der Waals surface area contributed by atoms with Gasteiger partial charge < -0.3 is 4.74 Å². The summed E-state index contributed by atoms with van der Waals surface area (Å²) in [5.41, 5.74) is 0. The minimum Gasteiger partial charge on any atom is -0.468 e. The summed E-state index contributed by atoms with van der Waals surface area (Å²) in [6.45, 7) is 0.123. The van der Waals surface area contributed by atoms with E-state index >= 15 is 0 Å². The van der Waals surface area contributed by atoms with Crippen molar-refractivity contribution in [1.82, 2.24) is 4.42 Å². The zero-order valence-corrected chi connectivity index (χ0v) is 5.60. The largest absolute Gasteiger partial charge is 0.468 e. The van der Waals surface area contributed by atoms with Crippen LogP contribution in [0.3, 0.4) is 0 Å². The van der Waals surface area contributed by atoms with E-state index in [2.05, 4.69) is 4.74 Å². The third-order valence-corrected chi connectivity index (χ3v) is 0.694. The SMILES string of the molecule is COC(=O)CN(C)Cl. The molecular weight excluding hydrogens is 130 g/mol. The average molecular weight is 138 g/mol. The van der Waals surface area contributed by atoms with Crippen molar-refractivity contribution in [2.45, 2.75) is 0 Å². The molecule has 0 saturated heterocycles. The molecule has 0 rings (SSSR count). The minimum atomic E-state index is -0.331. The monoisotopic (exact) mass is 137 g/mol. The van der Waals surface area contributed by atoms with E-state index in [0.29, 0.717) is 0 Å². The zero-order valence-electron chi connectivity index (χ0n) is 4.85. The van der Waals surface area contributed by atoms with Gasteiger partial charge in [0.2, 0.25) is 0 Å². The number of carbonyl (C=O) groups is 1. The fourth-order valence-corrected chi connectivity index (χ4v) is 0.340. The molecule has 0 saturated carbocycles. The first kappa shape index (κ1) is 7.72. The van der Waals surface area contributed by atoms with E-state index < -0.39 is 0 Å². The van der Waals surface area contributed by atoms with Gasteiger partial charge in [0.1, 0.15) is 6.54 Å². The van der Waals surface area contributed by atoms with Gasteiger partial charge in [-0.2, -0.15) is 0 Å². The number of carbonyl (C=O) groups excluding carboxylic acids is 1. The van der Waals surface area contributed by atoms with Crippen molar-refractivity contribution in [1.29, 1.82) is 0 Å². The number of halogens is 1. The standard InChI is InChI=1S/C4H8ClNO2/c1-6(5)3-4(7)8-2/h3H2,1-2H3. The Labute approximate surface area is 53.3 Å². The second-order valence-corrected chi connectivity index (χ2v) is 1.92. The second-order valence-electron chi connectivity index (χ2n) is 1.34. The van der Waals surface area contributed by atoms with Crippen LogP contribution in [-0.2, 0) is 9.53 Å². The molecule has 8 heavy (non-hydrogen) atoms. The lowest BCUT2D eigenvalue weighted by Crippen LogP contribution is -2.18. The molecule has 48 valence electrons. The number of hydrogen-bond acceptors (Lipinski definition) is 3. The normalized spacial score (nSPS) is 9.50. The molecule has 0 unspecified atom stereocenters. The van der Waals surface area contributed by atoms with Gasteiger partial charge in [0, 0.05) is 7.05 Å². The fraction of sp³-hybridized carbons (Fsp3) is 0.750. The molecule has 0 heterocycles. The van der Waals surface area contributed by atoms with Gasteiger partial charge in [-0.3, -0.25) is 4.79 Å². The van der Waals surface area contributed by atoms with Gasteiger partial charge in [0.25, 0.3) is 0 Å². The molecule has 0 aliphatic heterocycles. The Morgan fingerprint density at radius 2 is 2.38 bits per heavy atom. The number of hydrogen-bond donors (Lipinski definition) is 0. The van der Waals surface area contributed by atoms with Crippen LogP contribution >= 0.6 is 11.8 Å². The van der Waals surface area contributed by atoms with Crippen LogP contribution in [0.25, 0.3) is 0 Å². The lowest BCUT2D eigenvalue weighted by atomic mass is 10.7. The summed E-state index contributed by atoms with van der Waals surface area (Å²) >= 11 is 5.28. The third-order valence-electron chi connectivity index (χ3n) is 0.575. The Morgan fingerprint density at radius 1 is 1.88 bits per heavy atom. The summed E-state index contributed by atoms with van der Waals surface area (Å²) in [5.74, 6) is -0.331. The molecule has 0 bridgehead atoms. The highest BCUT2D eigenvalue weighted by molar-refractivity contribution is 6.14. The molecule has 0 N–H and O–H groups in total. The van der Waals surface area contributed by atoms with Crippen molar-refractivity contribution in [3.05, 3.63) is 0 Å². The summed E-state index contributed by atoms with van der Waals surface area (Å²) in [7, 11) is 2.90. The van der Waals surface area contributed by atoms with Gasteiger partial charge in [-0.05, 0) is 11.8 Å². The molecular formula is C4H8ClNO2. The van der Waals surface area contributed by atoms with Crippen molar-refractivity contribution < 1.29 is 9.53 Å². The third kappa shape index (κ3) is 3.89. The van der Waals surface area contributed by atoms with Crippen LogP contribution in [-0.4, -0.2) is 31.1 Å². The molecule has 0 aliphatic carbocycles. The van der Waals surface area contributed by atoms with E-state index in [1.807, 2.05) is 0 Å². The molecule has 3 nitrogen and oxygen atoms in total. The minimum absolute atomic E-state index is 0.123. The Bertz CT molecular complexity index is 84.1. The maximum atomic E-state index is 10.3. The van der Waals surface area contributed by atoms with E-state index in [1.54, 1.807) is 7.05 Å². The first-order valence-corrected chi connectivity index (χ1v) is 2.44. The maximum Gasteiger partial charge on any atom is 0.321 e. The number of nitrogens with zero attached hydrogens (tertiary/aromatic N) is 1. The molecule has 0 aromatic rings. The van der Waals surface area contributed by atoms with Crippen molar-refractivity contribution in [3.63, 3.8) is 0 Å². The van der Waals surface area contributed by atoms with Gasteiger partial charge >= 0.3 is 5.97 Å². The highest BCUT2D eigenvalue weighted by Crippen LogP contribution is 1.86. The second kappa shape index (κ2) is 3.69. The van der Waals surface area contributed by atoms with Gasteiger partial charge in [-0.1, -0.05) is 0 Å². The van der Waals surface area contributed by atoms with Gasteiger partial charge in [0.15, 0.2) is 0 Å². The Hall–Kier alpha value is -0.280.